The van der Waals surface area contributed by atoms with Gasteiger partial charge in [-0.05, 0) is 67.1 Å². The number of halogens is 5. The van der Waals surface area contributed by atoms with Gasteiger partial charge >= 0.3 is 6.18 Å². The minimum absolute atomic E-state index is 0.119. The Morgan fingerprint density at radius 2 is 1.57 bits per heavy atom. The van der Waals surface area contributed by atoms with Crippen LogP contribution in [-0.2, 0) is 19.1 Å². The van der Waals surface area contributed by atoms with Crippen LogP contribution in [-0.4, -0.2) is 29.7 Å². The molecule has 1 saturated heterocycles. The highest BCUT2D eigenvalue weighted by atomic mass is 19.4. The van der Waals surface area contributed by atoms with Crippen LogP contribution in [0.25, 0.3) is 0 Å². The smallest absolute Gasteiger partial charge is 0.396 e. The third-order valence-corrected chi connectivity index (χ3v) is 5.41. The van der Waals surface area contributed by atoms with Crippen LogP contribution in [0, 0.1) is 17.0 Å². The van der Waals surface area contributed by atoms with Gasteiger partial charge in [0.15, 0.2) is 0 Å². The minimum atomic E-state index is -4.40. The van der Waals surface area contributed by atoms with E-state index in [1.807, 2.05) is 4.90 Å². The number of likely N-dealkylation sites (tertiary alicyclic amines) is 1. The molecule has 152 valence electrons. The fourth-order valence-corrected chi connectivity index (χ4v) is 3.83. The molecular weight excluding hydrogens is 377 g/mol. The molecule has 0 saturated carbocycles. The Balaban J connectivity index is 1.65. The van der Waals surface area contributed by atoms with Crippen molar-refractivity contribution in [3.8, 4) is 0 Å². The van der Waals surface area contributed by atoms with Crippen molar-refractivity contribution < 1.29 is 27.1 Å². The van der Waals surface area contributed by atoms with Gasteiger partial charge in [-0.2, -0.15) is 13.2 Å². The molecule has 2 aromatic carbocycles. The average molecular weight is 399 g/mol. The molecule has 0 aliphatic carbocycles. The summed E-state index contributed by atoms with van der Waals surface area (Å²) in [6, 6.07) is 8.62. The molecule has 0 unspecified atom stereocenters. The van der Waals surface area contributed by atoms with Gasteiger partial charge in [0, 0.05) is 19.2 Å². The highest BCUT2D eigenvalue weighted by Gasteiger charge is 2.35. The van der Waals surface area contributed by atoms with Gasteiger partial charge in [0.25, 0.3) is 0 Å². The summed E-state index contributed by atoms with van der Waals surface area (Å²) in [5.74, 6) is -1.25. The van der Waals surface area contributed by atoms with E-state index < -0.39 is 28.8 Å². The van der Waals surface area contributed by atoms with Crippen LogP contribution in [0.2, 0.25) is 0 Å². The summed E-state index contributed by atoms with van der Waals surface area (Å²) < 4.78 is 65.5. The SMILES string of the molecule is OCC1(Cc2cccc(C(F)(F)F)c2)CCN(Cc2cc(F)cc(F)c2)CC1. The summed E-state index contributed by atoms with van der Waals surface area (Å²) in [4.78, 5) is 2.04. The maximum Gasteiger partial charge on any atom is 0.416 e. The number of hydrogen-bond donors (Lipinski definition) is 1. The van der Waals surface area contributed by atoms with Crippen LogP contribution in [0.5, 0.6) is 0 Å². The highest BCUT2D eigenvalue weighted by Crippen LogP contribution is 2.37. The summed E-state index contributed by atoms with van der Waals surface area (Å²) in [5, 5.41) is 9.94. The van der Waals surface area contributed by atoms with Gasteiger partial charge in [-0.3, -0.25) is 4.90 Å². The van der Waals surface area contributed by atoms with Crippen molar-refractivity contribution in [1.29, 1.82) is 0 Å². The van der Waals surface area contributed by atoms with E-state index in [0.717, 1.165) is 18.2 Å². The molecule has 0 spiro atoms. The lowest BCUT2D eigenvalue weighted by Gasteiger charge is -2.41. The zero-order chi connectivity index (χ0) is 20.4. The number of alkyl halides is 3. The summed E-state index contributed by atoms with van der Waals surface area (Å²) in [5.41, 5.74) is -0.103. The van der Waals surface area contributed by atoms with Crippen molar-refractivity contribution in [2.24, 2.45) is 5.41 Å². The van der Waals surface area contributed by atoms with Crippen LogP contribution in [0.15, 0.2) is 42.5 Å². The molecule has 1 fully saturated rings. The molecule has 1 heterocycles. The van der Waals surface area contributed by atoms with E-state index in [4.69, 9.17) is 0 Å². The van der Waals surface area contributed by atoms with Crippen molar-refractivity contribution in [3.63, 3.8) is 0 Å². The Bertz CT molecular complexity index is 792. The molecule has 1 aliphatic heterocycles. The second-order valence-electron chi connectivity index (χ2n) is 7.59. The zero-order valence-electron chi connectivity index (χ0n) is 15.3. The Labute approximate surface area is 160 Å². The normalized spacial score (nSPS) is 17.6. The highest BCUT2D eigenvalue weighted by molar-refractivity contribution is 5.27. The number of nitrogens with zero attached hydrogens (tertiary/aromatic N) is 1. The van der Waals surface area contributed by atoms with Gasteiger partial charge in [-0.15, -0.1) is 0 Å². The predicted molar refractivity (Wildman–Crippen MR) is 95.5 cm³/mol. The van der Waals surface area contributed by atoms with Crippen molar-refractivity contribution in [3.05, 3.63) is 70.8 Å². The molecule has 0 atom stereocenters. The second-order valence-corrected chi connectivity index (χ2v) is 7.59. The number of rotatable bonds is 5. The summed E-state index contributed by atoms with van der Waals surface area (Å²) in [6.07, 6.45) is -2.85. The Kier molecular flexibility index (Phi) is 6.05. The van der Waals surface area contributed by atoms with Crippen LogP contribution < -0.4 is 0 Å². The van der Waals surface area contributed by atoms with Gasteiger partial charge in [-0.1, -0.05) is 18.2 Å². The van der Waals surface area contributed by atoms with Crippen molar-refractivity contribution in [2.45, 2.75) is 32.0 Å². The first-order valence-electron chi connectivity index (χ1n) is 9.13. The van der Waals surface area contributed by atoms with Crippen molar-refractivity contribution in [2.75, 3.05) is 19.7 Å². The van der Waals surface area contributed by atoms with Gasteiger partial charge in [0.05, 0.1) is 5.56 Å². The molecule has 0 amide bonds. The van der Waals surface area contributed by atoms with E-state index in [9.17, 15) is 27.1 Å². The van der Waals surface area contributed by atoms with Crippen molar-refractivity contribution >= 4 is 0 Å². The topological polar surface area (TPSA) is 23.5 Å². The van der Waals surface area contributed by atoms with E-state index in [0.29, 0.717) is 50.0 Å². The van der Waals surface area contributed by atoms with E-state index in [1.54, 1.807) is 6.07 Å². The van der Waals surface area contributed by atoms with Crippen LogP contribution >= 0.6 is 0 Å². The van der Waals surface area contributed by atoms with Crippen molar-refractivity contribution in [1.82, 2.24) is 4.90 Å². The quantitative estimate of drug-likeness (QED) is 0.730. The third kappa shape index (κ3) is 5.08. The average Bonchev–Trinajstić information content (AvgIpc) is 2.62. The molecule has 2 nitrogen and oxygen atoms in total. The minimum Gasteiger partial charge on any atom is -0.396 e. The monoisotopic (exact) mass is 399 g/mol. The van der Waals surface area contributed by atoms with Gasteiger partial charge < -0.3 is 5.11 Å². The first-order chi connectivity index (χ1) is 13.2. The summed E-state index contributed by atoms with van der Waals surface area (Å²) in [6.45, 7) is 1.46. The molecule has 7 heteroatoms. The molecule has 0 aromatic heterocycles. The molecular formula is C21H22F5NO. The van der Waals surface area contributed by atoms with Crippen LogP contribution in [0.1, 0.15) is 29.5 Å². The fourth-order valence-electron chi connectivity index (χ4n) is 3.83. The number of piperidine rings is 1. The predicted octanol–water partition coefficient (Wildman–Crippen LogP) is 4.80. The third-order valence-electron chi connectivity index (χ3n) is 5.41. The van der Waals surface area contributed by atoms with Crippen LogP contribution in [0.3, 0.4) is 0 Å². The maximum atomic E-state index is 13.3. The Morgan fingerprint density at radius 3 is 2.14 bits per heavy atom. The van der Waals surface area contributed by atoms with E-state index in [1.165, 1.54) is 18.2 Å². The number of aliphatic hydroxyl groups is 1. The first kappa shape index (κ1) is 20.7. The largest absolute Gasteiger partial charge is 0.416 e. The molecule has 3 rings (SSSR count). The molecule has 2 aromatic rings. The van der Waals surface area contributed by atoms with E-state index in [2.05, 4.69) is 0 Å². The second kappa shape index (κ2) is 8.17. The van der Waals surface area contributed by atoms with Gasteiger partial charge in [0.1, 0.15) is 11.6 Å². The lowest BCUT2D eigenvalue weighted by Crippen LogP contribution is -2.42. The molecule has 0 radical (unpaired) electrons. The molecule has 28 heavy (non-hydrogen) atoms. The lowest BCUT2D eigenvalue weighted by atomic mass is 9.74. The zero-order valence-corrected chi connectivity index (χ0v) is 15.3. The lowest BCUT2D eigenvalue weighted by molar-refractivity contribution is -0.137. The summed E-state index contributed by atoms with van der Waals surface area (Å²) >= 11 is 0. The van der Waals surface area contributed by atoms with E-state index >= 15 is 0 Å². The number of benzene rings is 2. The maximum absolute atomic E-state index is 13.3. The summed E-state index contributed by atoms with van der Waals surface area (Å²) in [7, 11) is 0. The number of hydrogen-bond acceptors (Lipinski definition) is 2. The van der Waals surface area contributed by atoms with Gasteiger partial charge in [0.2, 0.25) is 0 Å². The van der Waals surface area contributed by atoms with Gasteiger partial charge in [-0.25, -0.2) is 8.78 Å². The fraction of sp³-hybridized carbons (Fsp3) is 0.429. The molecule has 1 aliphatic rings. The standard InChI is InChI=1S/C21H22F5NO/c22-18-9-16(10-19(23)11-18)13-27-6-4-20(14-28,5-7-27)12-15-2-1-3-17(8-15)21(24,25)26/h1-3,8-11,28H,4-7,12-14H2. The Morgan fingerprint density at radius 1 is 0.929 bits per heavy atom. The number of aliphatic hydroxyl groups excluding tert-OH is 1. The Hall–Kier alpha value is -1.99. The van der Waals surface area contributed by atoms with E-state index in [-0.39, 0.29) is 6.61 Å². The molecule has 1 N–H and O–H groups in total. The molecule has 0 bridgehead atoms. The van der Waals surface area contributed by atoms with Crippen LogP contribution in [0.4, 0.5) is 22.0 Å². The first-order valence-corrected chi connectivity index (χ1v) is 9.13.